The fourth-order valence-electron chi connectivity index (χ4n) is 2.51. The second-order valence-electron chi connectivity index (χ2n) is 4.44. The smallest absolute Gasteiger partial charge is 0.303 e. The van der Waals surface area contributed by atoms with Crippen molar-refractivity contribution in [3.63, 3.8) is 0 Å². The first-order valence-corrected chi connectivity index (χ1v) is 4.94. The van der Waals surface area contributed by atoms with Gasteiger partial charge in [0.15, 0.2) is 0 Å². The maximum atomic E-state index is 10.7. The van der Waals surface area contributed by atoms with Crippen LogP contribution in [-0.2, 0) is 4.79 Å². The zero-order valence-corrected chi connectivity index (χ0v) is 8.42. The van der Waals surface area contributed by atoms with E-state index in [-0.39, 0.29) is 11.8 Å². The molecule has 1 aliphatic carbocycles. The van der Waals surface area contributed by atoms with Crippen LogP contribution in [0.3, 0.4) is 0 Å². The number of carbonyl (C=O) groups is 1. The van der Waals surface area contributed by atoms with Crippen LogP contribution in [-0.4, -0.2) is 17.6 Å². The summed E-state index contributed by atoms with van der Waals surface area (Å²) in [5.41, 5.74) is 5.57. The third-order valence-corrected chi connectivity index (χ3v) is 3.83. The molecule has 3 atom stereocenters. The average Bonchev–Trinajstić information content (AvgIpc) is 2.33. The van der Waals surface area contributed by atoms with Gasteiger partial charge in [0.05, 0.1) is 6.42 Å². The summed E-state index contributed by atoms with van der Waals surface area (Å²) in [6, 6.07) is 0. The monoisotopic (exact) mass is 185 g/mol. The Morgan fingerprint density at radius 1 is 1.62 bits per heavy atom. The van der Waals surface area contributed by atoms with Crippen molar-refractivity contribution in [1.29, 1.82) is 0 Å². The first-order valence-electron chi connectivity index (χ1n) is 4.94. The number of rotatable bonds is 3. The zero-order chi connectivity index (χ0) is 10.1. The molecule has 1 rings (SSSR count). The SMILES string of the molecule is C[C@@H]1[C@@H](C)CC[C@]1(CN)CC(=O)O. The van der Waals surface area contributed by atoms with E-state index in [1.807, 2.05) is 0 Å². The topological polar surface area (TPSA) is 63.3 Å². The molecule has 0 radical (unpaired) electrons. The highest BCUT2D eigenvalue weighted by Gasteiger charge is 2.44. The quantitative estimate of drug-likeness (QED) is 0.700. The summed E-state index contributed by atoms with van der Waals surface area (Å²) in [7, 11) is 0. The molecule has 1 saturated carbocycles. The molecule has 0 heterocycles. The lowest BCUT2D eigenvalue weighted by Crippen LogP contribution is -2.36. The number of carboxylic acids is 1. The fourth-order valence-corrected chi connectivity index (χ4v) is 2.51. The third-order valence-electron chi connectivity index (χ3n) is 3.83. The minimum absolute atomic E-state index is 0.134. The molecular weight excluding hydrogens is 166 g/mol. The number of aliphatic carboxylic acids is 1. The van der Waals surface area contributed by atoms with E-state index >= 15 is 0 Å². The van der Waals surface area contributed by atoms with E-state index in [0.29, 0.717) is 18.4 Å². The lowest BCUT2D eigenvalue weighted by Gasteiger charge is -2.32. The molecule has 3 N–H and O–H groups in total. The maximum absolute atomic E-state index is 10.7. The minimum Gasteiger partial charge on any atom is -0.481 e. The van der Waals surface area contributed by atoms with Gasteiger partial charge < -0.3 is 10.8 Å². The molecule has 13 heavy (non-hydrogen) atoms. The molecule has 0 aromatic carbocycles. The molecule has 76 valence electrons. The van der Waals surface area contributed by atoms with Crippen molar-refractivity contribution >= 4 is 5.97 Å². The molecule has 0 unspecified atom stereocenters. The second kappa shape index (κ2) is 3.66. The molecule has 0 amide bonds. The lowest BCUT2D eigenvalue weighted by atomic mass is 9.74. The molecule has 0 aliphatic heterocycles. The van der Waals surface area contributed by atoms with E-state index in [4.69, 9.17) is 10.8 Å². The van der Waals surface area contributed by atoms with Gasteiger partial charge in [0.1, 0.15) is 0 Å². The van der Waals surface area contributed by atoms with E-state index in [0.717, 1.165) is 12.8 Å². The normalized spacial score (nSPS) is 39.3. The van der Waals surface area contributed by atoms with Crippen LogP contribution in [0.15, 0.2) is 0 Å². The fraction of sp³-hybridized carbons (Fsp3) is 0.900. The summed E-state index contributed by atoms with van der Waals surface area (Å²) >= 11 is 0. The number of hydrogen-bond acceptors (Lipinski definition) is 2. The third kappa shape index (κ3) is 1.85. The standard InChI is InChI=1S/C10H19NO2/c1-7-3-4-10(6-11,8(7)2)5-9(12)13/h7-8H,3-6,11H2,1-2H3,(H,12,13)/t7-,8+,10+/m0/s1. The summed E-state index contributed by atoms with van der Waals surface area (Å²) in [5, 5.41) is 8.82. The molecule has 0 aromatic rings. The van der Waals surface area contributed by atoms with E-state index in [1.54, 1.807) is 0 Å². The Labute approximate surface area is 79.3 Å². The van der Waals surface area contributed by atoms with Crippen molar-refractivity contribution in [1.82, 2.24) is 0 Å². The molecule has 1 aliphatic rings. The lowest BCUT2D eigenvalue weighted by molar-refractivity contribution is -0.140. The van der Waals surface area contributed by atoms with Crippen molar-refractivity contribution in [3.05, 3.63) is 0 Å². The van der Waals surface area contributed by atoms with Gasteiger partial charge >= 0.3 is 5.97 Å². The number of nitrogens with two attached hydrogens (primary N) is 1. The van der Waals surface area contributed by atoms with Gasteiger partial charge in [-0.3, -0.25) is 4.79 Å². The highest BCUT2D eigenvalue weighted by molar-refractivity contribution is 5.67. The van der Waals surface area contributed by atoms with E-state index in [1.165, 1.54) is 0 Å². The Hall–Kier alpha value is -0.570. The average molecular weight is 185 g/mol. The van der Waals surface area contributed by atoms with E-state index < -0.39 is 5.97 Å². The molecular formula is C10H19NO2. The first kappa shape index (κ1) is 10.5. The zero-order valence-electron chi connectivity index (χ0n) is 8.42. The molecule has 0 spiro atoms. The Bertz CT molecular complexity index is 205. The van der Waals surface area contributed by atoms with Crippen LogP contribution in [0.25, 0.3) is 0 Å². The Morgan fingerprint density at radius 3 is 2.54 bits per heavy atom. The van der Waals surface area contributed by atoms with Gasteiger partial charge in [-0.15, -0.1) is 0 Å². The highest BCUT2D eigenvalue weighted by atomic mass is 16.4. The molecule has 0 bridgehead atoms. The number of hydrogen-bond donors (Lipinski definition) is 2. The van der Waals surface area contributed by atoms with Crippen LogP contribution in [0, 0.1) is 17.3 Å². The van der Waals surface area contributed by atoms with Gasteiger partial charge in [-0.1, -0.05) is 13.8 Å². The van der Waals surface area contributed by atoms with Crippen LogP contribution >= 0.6 is 0 Å². The largest absolute Gasteiger partial charge is 0.481 e. The molecule has 3 heteroatoms. The van der Waals surface area contributed by atoms with Crippen molar-refractivity contribution in [3.8, 4) is 0 Å². The summed E-state index contributed by atoms with van der Waals surface area (Å²) in [6.07, 6.45) is 2.32. The summed E-state index contributed by atoms with van der Waals surface area (Å²) < 4.78 is 0. The van der Waals surface area contributed by atoms with Crippen LogP contribution in [0.5, 0.6) is 0 Å². The first-order chi connectivity index (χ1) is 6.02. The summed E-state index contributed by atoms with van der Waals surface area (Å²) in [6.45, 7) is 4.82. The Morgan fingerprint density at radius 2 is 2.23 bits per heavy atom. The maximum Gasteiger partial charge on any atom is 0.303 e. The van der Waals surface area contributed by atoms with Crippen molar-refractivity contribution < 1.29 is 9.90 Å². The van der Waals surface area contributed by atoms with Gasteiger partial charge in [0.25, 0.3) is 0 Å². The molecule has 0 saturated heterocycles. The highest BCUT2D eigenvalue weighted by Crippen LogP contribution is 2.48. The molecule has 1 fully saturated rings. The van der Waals surface area contributed by atoms with E-state index in [2.05, 4.69) is 13.8 Å². The Balaban J connectivity index is 2.75. The van der Waals surface area contributed by atoms with Gasteiger partial charge in [0, 0.05) is 0 Å². The van der Waals surface area contributed by atoms with Gasteiger partial charge in [0.2, 0.25) is 0 Å². The van der Waals surface area contributed by atoms with Crippen LogP contribution in [0.1, 0.15) is 33.1 Å². The van der Waals surface area contributed by atoms with Crippen molar-refractivity contribution in [2.24, 2.45) is 23.0 Å². The Kier molecular flexibility index (Phi) is 2.96. The summed E-state index contributed by atoms with van der Waals surface area (Å²) in [5.74, 6) is 0.336. The predicted molar refractivity (Wildman–Crippen MR) is 51.3 cm³/mol. The second-order valence-corrected chi connectivity index (χ2v) is 4.44. The minimum atomic E-state index is -0.716. The van der Waals surface area contributed by atoms with Gasteiger partial charge in [-0.2, -0.15) is 0 Å². The molecule has 0 aromatic heterocycles. The van der Waals surface area contributed by atoms with Crippen LogP contribution < -0.4 is 5.73 Å². The summed E-state index contributed by atoms with van der Waals surface area (Å²) in [4.78, 5) is 10.7. The van der Waals surface area contributed by atoms with Crippen molar-refractivity contribution in [2.45, 2.75) is 33.1 Å². The predicted octanol–water partition coefficient (Wildman–Crippen LogP) is 1.47. The molecule has 3 nitrogen and oxygen atoms in total. The van der Waals surface area contributed by atoms with Crippen molar-refractivity contribution in [2.75, 3.05) is 6.54 Å². The van der Waals surface area contributed by atoms with Gasteiger partial charge in [-0.25, -0.2) is 0 Å². The van der Waals surface area contributed by atoms with E-state index in [9.17, 15) is 4.79 Å². The number of carboxylic acid groups (broad SMARTS) is 1. The van der Waals surface area contributed by atoms with Crippen LogP contribution in [0.4, 0.5) is 0 Å². The van der Waals surface area contributed by atoms with Crippen LogP contribution in [0.2, 0.25) is 0 Å². The van der Waals surface area contributed by atoms with Gasteiger partial charge in [-0.05, 0) is 36.6 Å².